The van der Waals surface area contributed by atoms with Crippen LogP contribution in [0.5, 0.6) is 0 Å². The molecule has 0 aromatic heterocycles. The first-order chi connectivity index (χ1) is 9.76. The van der Waals surface area contributed by atoms with Gasteiger partial charge in [0.1, 0.15) is 0 Å². The predicted molar refractivity (Wildman–Crippen MR) is 87.8 cm³/mol. The number of fused-ring (bicyclic) bond motifs is 1. The standard InChI is InChI=1S/C16H15ClN2S/c1-20-16(18-15-8-6-14(17)7-9-15)19-10-12-4-2-3-5-13(12)11-19/h2-9H,10-11H2,1H3/b18-16-. The van der Waals surface area contributed by atoms with Crippen LogP contribution in [0.3, 0.4) is 0 Å². The van der Waals surface area contributed by atoms with Crippen LogP contribution >= 0.6 is 23.4 Å². The smallest absolute Gasteiger partial charge is 0.164 e. The van der Waals surface area contributed by atoms with Crippen LogP contribution in [0, 0.1) is 0 Å². The highest BCUT2D eigenvalue weighted by Crippen LogP contribution is 2.27. The molecule has 0 fully saturated rings. The molecule has 2 aromatic carbocycles. The van der Waals surface area contributed by atoms with E-state index in [0.29, 0.717) is 0 Å². The highest BCUT2D eigenvalue weighted by Gasteiger charge is 2.20. The molecular formula is C16H15ClN2S. The Labute approximate surface area is 128 Å². The minimum Gasteiger partial charge on any atom is -0.343 e. The normalized spacial score (nSPS) is 14.5. The molecule has 0 N–H and O–H groups in total. The molecule has 2 nitrogen and oxygen atoms in total. The fourth-order valence-corrected chi connectivity index (χ4v) is 3.05. The van der Waals surface area contributed by atoms with E-state index in [4.69, 9.17) is 16.6 Å². The van der Waals surface area contributed by atoms with E-state index >= 15 is 0 Å². The van der Waals surface area contributed by atoms with Gasteiger partial charge in [-0.05, 0) is 41.6 Å². The monoisotopic (exact) mass is 302 g/mol. The van der Waals surface area contributed by atoms with E-state index in [2.05, 4.69) is 35.4 Å². The number of thioether (sulfide) groups is 1. The Kier molecular flexibility index (Phi) is 3.99. The van der Waals surface area contributed by atoms with Crippen LogP contribution in [-0.2, 0) is 13.1 Å². The van der Waals surface area contributed by atoms with E-state index in [1.807, 2.05) is 24.3 Å². The SMILES string of the molecule is CS/C(=N\c1ccc(Cl)cc1)N1Cc2ccccc2C1. The Morgan fingerprint density at radius 1 is 1.05 bits per heavy atom. The number of hydrogen-bond donors (Lipinski definition) is 0. The maximum atomic E-state index is 5.91. The van der Waals surface area contributed by atoms with Crippen molar-refractivity contribution in [2.24, 2.45) is 4.99 Å². The lowest BCUT2D eigenvalue weighted by Gasteiger charge is -2.18. The number of halogens is 1. The van der Waals surface area contributed by atoms with Gasteiger partial charge in [0.2, 0.25) is 0 Å². The Bertz CT molecular complexity index is 612. The lowest BCUT2D eigenvalue weighted by atomic mass is 10.1. The third-order valence-electron chi connectivity index (χ3n) is 3.35. The Balaban J connectivity index is 1.83. The Morgan fingerprint density at radius 3 is 2.20 bits per heavy atom. The third-order valence-corrected chi connectivity index (χ3v) is 4.31. The third kappa shape index (κ3) is 2.84. The van der Waals surface area contributed by atoms with Crippen LogP contribution in [0.15, 0.2) is 53.5 Å². The summed E-state index contributed by atoms with van der Waals surface area (Å²) < 4.78 is 0. The quantitative estimate of drug-likeness (QED) is 0.560. The van der Waals surface area contributed by atoms with Crippen molar-refractivity contribution < 1.29 is 0 Å². The Morgan fingerprint density at radius 2 is 1.65 bits per heavy atom. The van der Waals surface area contributed by atoms with Gasteiger partial charge in [-0.1, -0.05) is 47.6 Å². The van der Waals surface area contributed by atoms with Gasteiger partial charge in [0.15, 0.2) is 5.17 Å². The van der Waals surface area contributed by atoms with Gasteiger partial charge in [0.25, 0.3) is 0 Å². The number of amidine groups is 1. The van der Waals surface area contributed by atoms with Gasteiger partial charge < -0.3 is 4.90 Å². The van der Waals surface area contributed by atoms with E-state index in [1.54, 1.807) is 11.8 Å². The molecule has 0 aliphatic carbocycles. The number of rotatable bonds is 1. The van der Waals surface area contributed by atoms with E-state index in [-0.39, 0.29) is 0 Å². The zero-order chi connectivity index (χ0) is 13.9. The largest absolute Gasteiger partial charge is 0.343 e. The molecule has 0 atom stereocenters. The van der Waals surface area contributed by atoms with Gasteiger partial charge in [-0.2, -0.15) is 0 Å². The van der Waals surface area contributed by atoms with Crippen molar-refractivity contribution in [1.29, 1.82) is 0 Å². The summed E-state index contributed by atoms with van der Waals surface area (Å²) in [4.78, 5) is 7.04. The van der Waals surface area contributed by atoms with Crippen LogP contribution in [0.2, 0.25) is 5.02 Å². The summed E-state index contributed by atoms with van der Waals surface area (Å²) in [6.45, 7) is 1.87. The number of benzene rings is 2. The zero-order valence-corrected chi connectivity index (χ0v) is 12.8. The molecule has 0 bridgehead atoms. The van der Waals surface area contributed by atoms with E-state index in [1.165, 1.54) is 11.1 Å². The summed E-state index contributed by atoms with van der Waals surface area (Å²) in [6, 6.07) is 16.2. The molecule has 1 aliphatic rings. The van der Waals surface area contributed by atoms with Crippen molar-refractivity contribution in [1.82, 2.24) is 4.90 Å². The van der Waals surface area contributed by atoms with Crippen molar-refractivity contribution in [3.05, 3.63) is 64.7 Å². The molecule has 1 heterocycles. The fourth-order valence-electron chi connectivity index (χ4n) is 2.34. The first-order valence-corrected chi connectivity index (χ1v) is 8.06. The van der Waals surface area contributed by atoms with Crippen molar-refractivity contribution in [2.75, 3.05) is 6.26 Å². The minimum absolute atomic E-state index is 0.739. The van der Waals surface area contributed by atoms with E-state index < -0.39 is 0 Å². The van der Waals surface area contributed by atoms with Crippen LogP contribution in [-0.4, -0.2) is 16.3 Å². The molecule has 3 rings (SSSR count). The average Bonchev–Trinajstić information content (AvgIpc) is 2.90. The summed E-state index contributed by atoms with van der Waals surface area (Å²) in [5.41, 5.74) is 3.73. The van der Waals surface area contributed by atoms with Gasteiger partial charge in [0, 0.05) is 18.1 Å². The van der Waals surface area contributed by atoms with Gasteiger partial charge in [-0.25, -0.2) is 4.99 Å². The summed E-state index contributed by atoms with van der Waals surface area (Å²) >= 11 is 7.59. The van der Waals surface area contributed by atoms with Crippen LogP contribution in [0.25, 0.3) is 0 Å². The lowest BCUT2D eigenvalue weighted by molar-refractivity contribution is 0.457. The molecule has 20 heavy (non-hydrogen) atoms. The van der Waals surface area contributed by atoms with Crippen LogP contribution < -0.4 is 0 Å². The van der Waals surface area contributed by atoms with Gasteiger partial charge in [0.05, 0.1) is 5.69 Å². The summed E-state index contributed by atoms with van der Waals surface area (Å²) in [5.74, 6) is 0. The second kappa shape index (κ2) is 5.90. The molecule has 0 saturated carbocycles. The van der Waals surface area contributed by atoms with Gasteiger partial charge in [-0.15, -0.1) is 0 Å². The topological polar surface area (TPSA) is 15.6 Å². The van der Waals surface area contributed by atoms with Crippen LogP contribution in [0.1, 0.15) is 11.1 Å². The van der Waals surface area contributed by atoms with Crippen molar-refractivity contribution in [2.45, 2.75) is 13.1 Å². The molecule has 0 unspecified atom stereocenters. The molecule has 1 aliphatic heterocycles. The second-order valence-electron chi connectivity index (χ2n) is 4.70. The van der Waals surface area contributed by atoms with Crippen molar-refractivity contribution in [3.63, 3.8) is 0 Å². The maximum Gasteiger partial charge on any atom is 0.164 e. The zero-order valence-electron chi connectivity index (χ0n) is 11.2. The molecule has 0 spiro atoms. The number of hydrogen-bond acceptors (Lipinski definition) is 2. The van der Waals surface area contributed by atoms with Gasteiger partial charge >= 0.3 is 0 Å². The van der Waals surface area contributed by atoms with Gasteiger partial charge in [-0.3, -0.25) is 0 Å². The van der Waals surface area contributed by atoms with Crippen LogP contribution in [0.4, 0.5) is 5.69 Å². The van der Waals surface area contributed by atoms with E-state index in [9.17, 15) is 0 Å². The number of nitrogens with zero attached hydrogens (tertiary/aromatic N) is 2. The lowest BCUT2D eigenvalue weighted by Crippen LogP contribution is -2.22. The first kappa shape index (κ1) is 13.5. The molecule has 4 heteroatoms. The minimum atomic E-state index is 0.739. The Hall–Kier alpha value is -1.45. The molecular weight excluding hydrogens is 288 g/mol. The first-order valence-electron chi connectivity index (χ1n) is 6.46. The summed E-state index contributed by atoms with van der Waals surface area (Å²) in [7, 11) is 0. The number of aliphatic imine (C=N–C) groups is 1. The van der Waals surface area contributed by atoms with E-state index in [0.717, 1.165) is 29.0 Å². The molecule has 102 valence electrons. The molecule has 0 radical (unpaired) electrons. The predicted octanol–water partition coefficient (Wildman–Crippen LogP) is 4.71. The maximum absolute atomic E-state index is 5.91. The average molecular weight is 303 g/mol. The molecule has 2 aromatic rings. The van der Waals surface area contributed by atoms with Crippen molar-refractivity contribution in [3.8, 4) is 0 Å². The highest BCUT2D eigenvalue weighted by molar-refractivity contribution is 8.13. The fraction of sp³-hybridized carbons (Fsp3) is 0.188. The summed E-state index contributed by atoms with van der Waals surface area (Å²) in [6.07, 6.45) is 2.07. The highest BCUT2D eigenvalue weighted by atomic mass is 35.5. The second-order valence-corrected chi connectivity index (χ2v) is 5.91. The summed E-state index contributed by atoms with van der Waals surface area (Å²) in [5, 5.41) is 1.78. The molecule has 0 amide bonds. The molecule has 0 saturated heterocycles. The van der Waals surface area contributed by atoms with Crippen molar-refractivity contribution >= 4 is 34.2 Å².